The number of para-hydroxylation sites is 5. The quantitative estimate of drug-likeness (QED) is 0.137. The second kappa shape index (κ2) is 33.3. The van der Waals surface area contributed by atoms with Crippen LogP contribution < -0.4 is 14.7 Å². The Bertz CT molecular complexity index is 10900. The van der Waals surface area contributed by atoms with Crippen molar-refractivity contribution >= 4 is 244 Å². The number of thiophene rings is 3. The number of hydrogen-bond donors (Lipinski definition) is 0. The Morgan fingerprint density at radius 3 is 1.26 bits per heavy atom. The van der Waals surface area contributed by atoms with E-state index in [1.54, 1.807) is 34.0 Å². The van der Waals surface area contributed by atoms with Crippen LogP contribution in [0.5, 0.6) is 0 Å². The molecule has 9 aromatic heterocycles. The van der Waals surface area contributed by atoms with Gasteiger partial charge in [0.15, 0.2) is 11.6 Å². The van der Waals surface area contributed by atoms with Crippen molar-refractivity contribution in [1.82, 2.24) is 34.9 Å². The molecule has 33 rings (SSSR count). The molecule has 0 amide bonds. The average molecular weight is 1940 g/mol. The number of fused-ring (bicyclic) bond motifs is 23. The standard InChI is InChI=1S/2C48H27N3OS.C37H22N4S/c1-4-22-37-31(14-1)32-19-7-12-28-13-8-24-39(43(28)32)51(37)38-23-10-17-29-30(38)18-9-20-33(29)48-49-45-35-16-3-6-27-42(35)53-47(45)46(50-48)36-21-11-26-41-44(36)34-15-2-5-25-40(34)52-41;1-4-15-39-34(11-1)36-14-7-9-28-10-8-16-40(44(28)36)51(39)33-23-21-29-25-32(20-19-30(29)26-33)48-49-45(47-46(50-48)37-13-3-6-18-43(37)53-47)31-22-24-42-38(27-31)35-12-2-5-17-41(35)52-42;1-3-15-30-26(11-1)27-13-7-9-24-10-8-16-31(33(24)27)41(30)37-39-34(36-35(40-37)28-12-2-4-17-32(28)42-36)25-20-18-23(19-21-25)29-14-5-6-22-38-29/h2*1-27H;1-22H. The van der Waals surface area contributed by atoms with E-state index in [9.17, 15) is 0 Å². The highest BCUT2D eigenvalue weighted by molar-refractivity contribution is 7.27. The zero-order chi connectivity index (χ0) is 96.9. The number of benzene rings is 21. The molecule has 0 unspecified atom stereocenters. The minimum absolute atomic E-state index is 0.671. The fourth-order valence-corrected chi connectivity index (χ4v) is 26.5. The number of pyridine rings is 1. The largest absolute Gasteiger partial charge is 0.456 e. The maximum absolute atomic E-state index is 6.35. The fraction of sp³-hybridized carbons (Fsp3) is 0. The molecule has 0 spiro atoms. The molecule has 0 bridgehead atoms. The van der Waals surface area contributed by atoms with Gasteiger partial charge in [0.1, 0.15) is 22.3 Å². The van der Waals surface area contributed by atoms with Crippen LogP contribution in [0.1, 0.15) is 0 Å². The van der Waals surface area contributed by atoms with Crippen molar-refractivity contribution in [3.8, 4) is 101 Å². The summed E-state index contributed by atoms with van der Waals surface area (Å²) < 4.78 is 19.4. The second-order valence-electron chi connectivity index (χ2n) is 37.9. The Hall–Kier alpha value is -19.0. The SMILES string of the molecule is c1ccc(-c2ccc(-c3nc(N4c5ccccc5-c5cccc6cccc4c56)nc4c3sc3ccccc34)cc2)nc1.c1ccc2c(c1)-c1cccc3cccc(c13)N2c1ccc2cc(-c3nc(-c4ccc5oc6ccccc6c5c4)c4sc5ccccc5c4n3)ccc2c1.c1ccc2c(c1)-c1cccc3cccc(c13)N2c1cccc2c(-c3nc(-c4cccc5oc6ccccc6c45)c4sc5ccccc5c4n3)cccc12. The van der Waals surface area contributed by atoms with Gasteiger partial charge < -0.3 is 18.6 Å². The first kappa shape index (κ1) is 83.6. The summed E-state index contributed by atoms with van der Waals surface area (Å²) in [5.41, 5.74) is 33.0. The summed E-state index contributed by atoms with van der Waals surface area (Å²) in [7, 11) is 0. The number of nitrogens with zero attached hydrogens (tertiary/aromatic N) is 10. The van der Waals surface area contributed by atoms with Gasteiger partial charge in [-0.15, -0.1) is 34.0 Å². The molecule has 3 aliphatic rings. The van der Waals surface area contributed by atoms with E-state index in [-0.39, 0.29) is 0 Å². The number of furan rings is 2. The van der Waals surface area contributed by atoms with Gasteiger partial charge in [-0.2, -0.15) is 0 Å². The Kier molecular flexibility index (Phi) is 18.8. The molecule has 688 valence electrons. The van der Waals surface area contributed by atoms with E-state index < -0.39 is 0 Å². The highest BCUT2D eigenvalue weighted by Gasteiger charge is 2.34. The van der Waals surface area contributed by atoms with Gasteiger partial charge >= 0.3 is 0 Å². The molecule has 0 N–H and O–H groups in total. The molecule has 0 atom stereocenters. The lowest BCUT2D eigenvalue weighted by molar-refractivity contribution is 0.668. The molecule has 148 heavy (non-hydrogen) atoms. The molecular formula is C133H76N10O2S3. The Labute approximate surface area is 858 Å². The van der Waals surface area contributed by atoms with Crippen LogP contribution in [0, 0.1) is 0 Å². The highest BCUT2D eigenvalue weighted by Crippen LogP contribution is 2.58. The van der Waals surface area contributed by atoms with E-state index in [1.165, 1.54) is 103 Å². The molecule has 0 saturated heterocycles. The Morgan fingerprint density at radius 2 is 0.615 bits per heavy atom. The third-order valence-corrected chi connectivity index (χ3v) is 33.2. The Balaban J connectivity index is 0.000000101. The van der Waals surface area contributed by atoms with Crippen LogP contribution in [-0.2, 0) is 0 Å². The summed E-state index contributed by atoms with van der Waals surface area (Å²) in [4.78, 5) is 43.8. The highest BCUT2D eigenvalue weighted by atomic mass is 32.1. The van der Waals surface area contributed by atoms with E-state index in [2.05, 4.69) is 426 Å². The molecule has 0 saturated carbocycles. The maximum atomic E-state index is 6.35. The summed E-state index contributed by atoms with van der Waals surface area (Å²) in [6.07, 6.45) is 1.83. The normalized spacial score (nSPS) is 12.4. The number of rotatable bonds is 9. The lowest BCUT2D eigenvalue weighted by Gasteiger charge is -2.34. The van der Waals surface area contributed by atoms with Crippen LogP contribution >= 0.6 is 34.0 Å². The third kappa shape index (κ3) is 13.1. The Morgan fingerprint density at radius 1 is 0.203 bits per heavy atom. The van der Waals surface area contributed by atoms with Crippen LogP contribution in [0.15, 0.2) is 470 Å². The van der Waals surface area contributed by atoms with Crippen molar-refractivity contribution in [2.75, 3.05) is 14.7 Å². The van der Waals surface area contributed by atoms with Crippen LogP contribution in [0.25, 0.3) is 260 Å². The van der Waals surface area contributed by atoms with E-state index >= 15 is 0 Å². The van der Waals surface area contributed by atoms with Gasteiger partial charge in [0.2, 0.25) is 5.95 Å². The molecule has 0 aliphatic carbocycles. The molecule has 0 fully saturated rings. The van der Waals surface area contributed by atoms with Gasteiger partial charge in [-0.25, -0.2) is 29.9 Å². The van der Waals surface area contributed by atoms with Crippen molar-refractivity contribution in [2.24, 2.45) is 0 Å². The molecule has 0 radical (unpaired) electrons. The van der Waals surface area contributed by atoms with E-state index in [4.69, 9.17) is 38.7 Å². The monoisotopic (exact) mass is 1940 g/mol. The summed E-state index contributed by atoms with van der Waals surface area (Å²) in [6.45, 7) is 0. The van der Waals surface area contributed by atoms with Crippen LogP contribution in [0.2, 0.25) is 0 Å². The zero-order valence-corrected chi connectivity index (χ0v) is 81.3. The number of aromatic nitrogens is 7. The lowest BCUT2D eigenvalue weighted by Crippen LogP contribution is -2.17. The van der Waals surface area contributed by atoms with Crippen LogP contribution in [-0.4, -0.2) is 34.9 Å². The van der Waals surface area contributed by atoms with E-state index in [0.717, 1.165) is 191 Å². The average Bonchev–Trinajstić information content (AvgIpc) is 1.60. The summed E-state index contributed by atoms with van der Waals surface area (Å²) in [5, 5.41) is 19.8. The number of anilines is 9. The number of hydrogen-bond acceptors (Lipinski definition) is 15. The van der Waals surface area contributed by atoms with Gasteiger partial charge in [-0.3, -0.25) is 9.88 Å². The first-order valence-electron chi connectivity index (χ1n) is 49.6. The van der Waals surface area contributed by atoms with E-state index in [0.29, 0.717) is 17.6 Å². The first-order valence-corrected chi connectivity index (χ1v) is 52.1. The van der Waals surface area contributed by atoms with Gasteiger partial charge in [-0.1, -0.05) is 328 Å². The van der Waals surface area contributed by atoms with Gasteiger partial charge in [0, 0.05) is 135 Å². The smallest absolute Gasteiger partial charge is 0.235 e. The third-order valence-electron chi connectivity index (χ3n) is 29.7. The van der Waals surface area contributed by atoms with Crippen molar-refractivity contribution < 1.29 is 8.83 Å². The summed E-state index contributed by atoms with van der Waals surface area (Å²) >= 11 is 5.26. The molecule has 15 heteroatoms. The predicted octanol–water partition coefficient (Wildman–Crippen LogP) is 37.8. The van der Waals surface area contributed by atoms with Crippen molar-refractivity contribution in [2.45, 2.75) is 0 Å². The van der Waals surface area contributed by atoms with E-state index in [1.807, 2.05) is 54.7 Å². The van der Waals surface area contributed by atoms with Crippen molar-refractivity contribution in [3.63, 3.8) is 0 Å². The first-order chi connectivity index (χ1) is 73.4. The molecular weight excluding hydrogens is 1870 g/mol. The van der Waals surface area contributed by atoms with Gasteiger partial charge in [0.25, 0.3) is 0 Å². The van der Waals surface area contributed by atoms with Crippen molar-refractivity contribution in [1.29, 1.82) is 0 Å². The predicted molar refractivity (Wildman–Crippen MR) is 618 cm³/mol. The molecule has 3 aliphatic heterocycles. The molecule has 12 heterocycles. The van der Waals surface area contributed by atoms with Crippen LogP contribution in [0.4, 0.5) is 51.4 Å². The van der Waals surface area contributed by atoms with Crippen molar-refractivity contribution in [3.05, 3.63) is 461 Å². The fourth-order valence-electron chi connectivity index (χ4n) is 23.1. The maximum Gasteiger partial charge on any atom is 0.235 e. The molecule has 12 nitrogen and oxygen atoms in total. The summed E-state index contributed by atoms with van der Waals surface area (Å²) in [6, 6.07) is 161. The second-order valence-corrected chi connectivity index (χ2v) is 41.1. The van der Waals surface area contributed by atoms with Crippen LogP contribution in [0.3, 0.4) is 0 Å². The van der Waals surface area contributed by atoms with Gasteiger partial charge in [0.05, 0.1) is 93.2 Å². The lowest BCUT2D eigenvalue weighted by atomic mass is 9.90. The zero-order valence-electron chi connectivity index (χ0n) is 78.9. The topological polar surface area (TPSA) is 126 Å². The summed E-state index contributed by atoms with van der Waals surface area (Å²) in [5.74, 6) is 2.09. The molecule has 21 aromatic carbocycles. The minimum atomic E-state index is 0.671. The molecule has 30 aromatic rings. The minimum Gasteiger partial charge on any atom is -0.456 e. The van der Waals surface area contributed by atoms with Gasteiger partial charge in [-0.05, 0) is 176 Å².